The molecule has 3 heteroatoms. The minimum Gasteiger partial charge on any atom is -0.397 e. The second kappa shape index (κ2) is 3.60. The molecule has 0 aliphatic carbocycles. The maximum absolute atomic E-state index is 5.98. The molecule has 2 nitrogen and oxygen atoms in total. The number of hydrogen-bond acceptors (Lipinski definition) is 2. The van der Waals surface area contributed by atoms with Crippen LogP contribution in [-0.2, 0) is 0 Å². The molecule has 1 fully saturated rings. The van der Waals surface area contributed by atoms with Gasteiger partial charge in [0.25, 0.3) is 0 Å². The Labute approximate surface area is 96.0 Å². The van der Waals surface area contributed by atoms with Gasteiger partial charge in [-0.15, -0.1) is 0 Å². The molecule has 82 valence electrons. The van der Waals surface area contributed by atoms with Crippen LogP contribution in [0.1, 0.15) is 20.3 Å². The summed E-state index contributed by atoms with van der Waals surface area (Å²) < 4.78 is 0. The lowest BCUT2D eigenvalue weighted by Gasteiger charge is -2.23. The van der Waals surface area contributed by atoms with E-state index in [1.54, 1.807) is 0 Å². The van der Waals surface area contributed by atoms with Crippen LogP contribution in [0.5, 0.6) is 0 Å². The van der Waals surface area contributed by atoms with Crippen molar-refractivity contribution in [2.45, 2.75) is 20.3 Å². The van der Waals surface area contributed by atoms with Crippen molar-refractivity contribution in [1.82, 2.24) is 0 Å². The van der Waals surface area contributed by atoms with Gasteiger partial charge in [0.05, 0.1) is 11.4 Å². The Morgan fingerprint density at radius 3 is 2.73 bits per heavy atom. The first-order valence-corrected chi connectivity index (χ1v) is 5.66. The molecular formula is C12H17ClN2. The second-order valence-electron chi connectivity index (χ2n) is 5.04. The van der Waals surface area contributed by atoms with E-state index < -0.39 is 0 Å². The lowest BCUT2D eigenvalue weighted by Crippen LogP contribution is -2.23. The normalized spacial score (nSPS) is 19.5. The van der Waals surface area contributed by atoms with E-state index in [0.717, 1.165) is 29.5 Å². The zero-order valence-electron chi connectivity index (χ0n) is 9.26. The molecule has 2 N–H and O–H groups in total. The summed E-state index contributed by atoms with van der Waals surface area (Å²) >= 11 is 5.98. The molecule has 1 saturated heterocycles. The summed E-state index contributed by atoms with van der Waals surface area (Å²) in [6.45, 7) is 6.69. The van der Waals surface area contributed by atoms with E-state index >= 15 is 0 Å². The van der Waals surface area contributed by atoms with Gasteiger partial charge in [-0.1, -0.05) is 25.4 Å². The van der Waals surface area contributed by atoms with E-state index in [2.05, 4.69) is 18.7 Å². The van der Waals surface area contributed by atoms with E-state index in [9.17, 15) is 0 Å². The molecule has 2 rings (SSSR count). The summed E-state index contributed by atoms with van der Waals surface area (Å²) in [5.41, 5.74) is 8.23. The second-order valence-corrected chi connectivity index (χ2v) is 5.48. The molecule has 15 heavy (non-hydrogen) atoms. The summed E-state index contributed by atoms with van der Waals surface area (Å²) in [5, 5.41) is 0.754. The van der Waals surface area contributed by atoms with Gasteiger partial charge in [-0.05, 0) is 30.0 Å². The quantitative estimate of drug-likeness (QED) is 0.743. The highest BCUT2D eigenvalue weighted by Gasteiger charge is 2.30. The monoisotopic (exact) mass is 224 g/mol. The third kappa shape index (κ3) is 2.20. The standard InChI is InChI=1S/C12H17ClN2/c1-12(2)5-6-15(8-12)11-7-9(13)3-4-10(11)14/h3-4,7H,5-6,8,14H2,1-2H3. The first kappa shape index (κ1) is 10.6. The topological polar surface area (TPSA) is 29.3 Å². The first-order valence-electron chi connectivity index (χ1n) is 5.28. The molecule has 1 aromatic carbocycles. The summed E-state index contributed by atoms with van der Waals surface area (Å²) in [6.07, 6.45) is 1.21. The number of nitrogens with two attached hydrogens (primary N) is 1. The van der Waals surface area contributed by atoms with E-state index in [0.29, 0.717) is 5.41 Å². The summed E-state index contributed by atoms with van der Waals surface area (Å²) in [5.74, 6) is 0. The maximum Gasteiger partial charge on any atom is 0.0615 e. The number of anilines is 2. The fourth-order valence-electron chi connectivity index (χ4n) is 2.11. The van der Waals surface area contributed by atoms with E-state index in [1.165, 1.54) is 6.42 Å². The number of rotatable bonds is 1. The molecule has 0 unspecified atom stereocenters. The van der Waals surface area contributed by atoms with Crippen LogP contribution in [-0.4, -0.2) is 13.1 Å². The largest absolute Gasteiger partial charge is 0.397 e. The smallest absolute Gasteiger partial charge is 0.0615 e. The van der Waals surface area contributed by atoms with Gasteiger partial charge in [0.2, 0.25) is 0 Å². The predicted octanol–water partition coefficient (Wildman–Crippen LogP) is 3.16. The molecule has 0 radical (unpaired) electrons. The third-order valence-electron chi connectivity index (χ3n) is 3.01. The zero-order valence-corrected chi connectivity index (χ0v) is 10.0. The lowest BCUT2D eigenvalue weighted by atomic mass is 9.93. The first-order chi connectivity index (χ1) is 6.98. The molecule has 1 aromatic rings. The van der Waals surface area contributed by atoms with Crippen molar-refractivity contribution in [3.8, 4) is 0 Å². The van der Waals surface area contributed by atoms with Crippen LogP contribution in [0, 0.1) is 5.41 Å². The van der Waals surface area contributed by atoms with Crippen molar-refractivity contribution in [1.29, 1.82) is 0 Å². The van der Waals surface area contributed by atoms with Crippen LogP contribution < -0.4 is 10.6 Å². The number of nitrogen functional groups attached to an aromatic ring is 1. The fraction of sp³-hybridized carbons (Fsp3) is 0.500. The van der Waals surface area contributed by atoms with Crippen molar-refractivity contribution < 1.29 is 0 Å². The highest BCUT2D eigenvalue weighted by atomic mass is 35.5. The summed E-state index contributed by atoms with van der Waals surface area (Å²) in [6, 6.07) is 5.67. The number of nitrogens with zero attached hydrogens (tertiary/aromatic N) is 1. The molecule has 0 aromatic heterocycles. The number of hydrogen-bond donors (Lipinski definition) is 1. The molecule has 0 spiro atoms. The Balaban J connectivity index is 2.27. The molecule has 1 aliphatic heterocycles. The van der Waals surface area contributed by atoms with Crippen molar-refractivity contribution in [2.24, 2.45) is 5.41 Å². The van der Waals surface area contributed by atoms with Crippen LogP contribution in [0.25, 0.3) is 0 Å². The Hall–Kier alpha value is -0.890. The maximum atomic E-state index is 5.98. The van der Waals surface area contributed by atoms with Crippen LogP contribution >= 0.6 is 11.6 Å². The van der Waals surface area contributed by atoms with Crippen LogP contribution in [0.15, 0.2) is 18.2 Å². The minimum absolute atomic E-state index is 0.384. The van der Waals surface area contributed by atoms with Gasteiger partial charge in [0.15, 0.2) is 0 Å². The van der Waals surface area contributed by atoms with Gasteiger partial charge in [0, 0.05) is 18.1 Å². The average Bonchev–Trinajstić information content (AvgIpc) is 2.50. The predicted molar refractivity (Wildman–Crippen MR) is 66.5 cm³/mol. The van der Waals surface area contributed by atoms with Crippen molar-refractivity contribution in [3.05, 3.63) is 23.2 Å². The van der Waals surface area contributed by atoms with Crippen LogP contribution in [0.4, 0.5) is 11.4 Å². The van der Waals surface area contributed by atoms with E-state index in [1.807, 2.05) is 18.2 Å². The molecule has 0 bridgehead atoms. The molecule has 0 saturated carbocycles. The lowest BCUT2D eigenvalue weighted by molar-refractivity contribution is 0.418. The fourth-order valence-corrected chi connectivity index (χ4v) is 2.28. The van der Waals surface area contributed by atoms with Crippen molar-refractivity contribution in [2.75, 3.05) is 23.7 Å². The molecule has 0 atom stereocenters. The highest BCUT2D eigenvalue weighted by Crippen LogP contribution is 2.36. The van der Waals surface area contributed by atoms with E-state index in [4.69, 9.17) is 17.3 Å². The summed E-state index contributed by atoms with van der Waals surface area (Å²) in [7, 11) is 0. The molecule has 1 aliphatic rings. The van der Waals surface area contributed by atoms with Crippen molar-refractivity contribution in [3.63, 3.8) is 0 Å². The Morgan fingerprint density at radius 2 is 2.13 bits per heavy atom. The SMILES string of the molecule is CC1(C)CCN(c2cc(Cl)ccc2N)C1. The van der Waals surface area contributed by atoms with Gasteiger partial charge >= 0.3 is 0 Å². The van der Waals surface area contributed by atoms with Crippen LogP contribution in [0.2, 0.25) is 5.02 Å². The Morgan fingerprint density at radius 1 is 1.40 bits per heavy atom. The van der Waals surface area contributed by atoms with Gasteiger partial charge in [0.1, 0.15) is 0 Å². The summed E-state index contributed by atoms with van der Waals surface area (Å²) in [4.78, 5) is 2.32. The average molecular weight is 225 g/mol. The minimum atomic E-state index is 0.384. The zero-order chi connectivity index (χ0) is 11.1. The molecule has 1 heterocycles. The van der Waals surface area contributed by atoms with Gasteiger partial charge in [-0.2, -0.15) is 0 Å². The number of benzene rings is 1. The molecular weight excluding hydrogens is 208 g/mol. The van der Waals surface area contributed by atoms with Gasteiger partial charge < -0.3 is 10.6 Å². The van der Waals surface area contributed by atoms with Gasteiger partial charge in [-0.25, -0.2) is 0 Å². The third-order valence-corrected chi connectivity index (χ3v) is 3.25. The van der Waals surface area contributed by atoms with E-state index in [-0.39, 0.29) is 0 Å². The molecule has 0 amide bonds. The Kier molecular flexibility index (Phi) is 2.55. The number of halogens is 1. The van der Waals surface area contributed by atoms with Gasteiger partial charge in [-0.3, -0.25) is 0 Å². The van der Waals surface area contributed by atoms with Crippen molar-refractivity contribution >= 4 is 23.0 Å². The van der Waals surface area contributed by atoms with Crippen LogP contribution in [0.3, 0.4) is 0 Å². The Bertz CT molecular complexity index is 374. The highest BCUT2D eigenvalue weighted by molar-refractivity contribution is 6.31.